The first-order valence-corrected chi connectivity index (χ1v) is 9.21. The van der Waals surface area contributed by atoms with Crippen LogP contribution in [0.3, 0.4) is 0 Å². The fourth-order valence-corrected chi connectivity index (χ4v) is 2.81. The van der Waals surface area contributed by atoms with Gasteiger partial charge in [0.25, 0.3) is 0 Å². The van der Waals surface area contributed by atoms with E-state index in [4.69, 9.17) is 9.84 Å². The minimum atomic E-state index is -1.07. The molecule has 5 heteroatoms. The van der Waals surface area contributed by atoms with Crippen LogP contribution in [-0.4, -0.2) is 23.6 Å². The lowest BCUT2D eigenvalue weighted by atomic mass is 10.0. The number of carbonyl (C=O) groups is 2. The van der Waals surface area contributed by atoms with Crippen LogP contribution in [-0.2, 0) is 4.79 Å². The molecule has 0 unspecified atom stereocenters. The standard InChI is InChI=1S/C24H21NO4/c1-2-29-22-14-13-20(24(27)28)16-21(22)25-23(26)15-10-17-8-11-19(12-9-17)18-6-4-3-5-7-18/h3-16H,2H2,1H3,(H,25,26)(H,27,28)/b15-10+. The molecule has 0 aromatic heterocycles. The Hall–Kier alpha value is -3.86. The average Bonchev–Trinajstić information content (AvgIpc) is 2.74. The van der Waals surface area contributed by atoms with Crippen LogP contribution < -0.4 is 10.1 Å². The Bertz CT molecular complexity index is 1020. The average molecular weight is 387 g/mol. The number of anilines is 1. The summed E-state index contributed by atoms with van der Waals surface area (Å²) in [5, 5.41) is 11.8. The zero-order valence-electron chi connectivity index (χ0n) is 16.0. The van der Waals surface area contributed by atoms with Crippen LogP contribution >= 0.6 is 0 Å². The van der Waals surface area contributed by atoms with Crippen molar-refractivity contribution in [1.82, 2.24) is 0 Å². The van der Waals surface area contributed by atoms with Gasteiger partial charge in [-0.3, -0.25) is 4.79 Å². The second kappa shape index (κ2) is 9.37. The third kappa shape index (κ3) is 5.32. The SMILES string of the molecule is CCOc1ccc(C(=O)O)cc1NC(=O)/C=C/c1ccc(-c2ccccc2)cc1. The number of amides is 1. The van der Waals surface area contributed by atoms with Crippen LogP contribution in [0.2, 0.25) is 0 Å². The fraction of sp³-hybridized carbons (Fsp3) is 0.0833. The fourth-order valence-electron chi connectivity index (χ4n) is 2.81. The number of nitrogens with one attached hydrogen (secondary N) is 1. The Morgan fingerprint density at radius 2 is 1.66 bits per heavy atom. The lowest BCUT2D eigenvalue weighted by Crippen LogP contribution is -2.10. The molecule has 0 radical (unpaired) electrons. The molecule has 0 aliphatic rings. The van der Waals surface area contributed by atoms with Crippen molar-refractivity contribution in [3.8, 4) is 16.9 Å². The first-order valence-electron chi connectivity index (χ1n) is 9.21. The number of carboxylic acids is 1. The molecule has 3 aromatic rings. The molecule has 3 rings (SSSR count). The molecule has 3 aromatic carbocycles. The van der Waals surface area contributed by atoms with Gasteiger partial charge in [0.15, 0.2) is 0 Å². The van der Waals surface area contributed by atoms with Crippen LogP contribution in [0.5, 0.6) is 5.75 Å². The van der Waals surface area contributed by atoms with Crippen LogP contribution in [0, 0.1) is 0 Å². The molecule has 0 saturated heterocycles. The van der Waals surface area contributed by atoms with Gasteiger partial charge in [-0.2, -0.15) is 0 Å². The Balaban J connectivity index is 1.71. The van der Waals surface area contributed by atoms with Crippen LogP contribution in [0.4, 0.5) is 5.69 Å². The monoisotopic (exact) mass is 387 g/mol. The quantitative estimate of drug-likeness (QED) is 0.553. The van der Waals surface area contributed by atoms with Crippen LogP contribution in [0.15, 0.2) is 78.9 Å². The Morgan fingerprint density at radius 3 is 2.31 bits per heavy atom. The smallest absolute Gasteiger partial charge is 0.335 e. The van der Waals surface area contributed by atoms with Gasteiger partial charge in [-0.05, 0) is 47.9 Å². The lowest BCUT2D eigenvalue weighted by Gasteiger charge is -2.11. The van der Waals surface area contributed by atoms with Gasteiger partial charge in [0.2, 0.25) is 5.91 Å². The highest BCUT2D eigenvalue weighted by Crippen LogP contribution is 2.26. The molecule has 0 bridgehead atoms. The van der Waals surface area contributed by atoms with Gasteiger partial charge in [-0.1, -0.05) is 54.6 Å². The molecule has 0 aliphatic heterocycles. The van der Waals surface area contributed by atoms with E-state index in [0.29, 0.717) is 18.0 Å². The van der Waals surface area contributed by atoms with Crippen molar-refractivity contribution >= 4 is 23.6 Å². The van der Waals surface area contributed by atoms with Crippen molar-refractivity contribution in [2.24, 2.45) is 0 Å². The number of benzene rings is 3. The van der Waals surface area contributed by atoms with Crippen molar-refractivity contribution in [2.75, 3.05) is 11.9 Å². The first-order chi connectivity index (χ1) is 14.1. The second-order valence-corrected chi connectivity index (χ2v) is 6.26. The maximum atomic E-state index is 12.3. The van der Waals surface area contributed by atoms with Gasteiger partial charge >= 0.3 is 5.97 Å². The normalized spacial score (nSPS) is 10.7. The van der Waals surface area contributed by atoms with Crippen LogP contribution in [0.25, 0.3) is 17.2 Å². The number of ether oxygens (including phenoxy) is 1. The molecule has 0 heterocycles. The summed E-state index contributed by atoms with van der Waals surface area (Å²) in [5.74, 6) is -1.02. The van der Waals surface area contributed by atoms with Crippen molar-refractivity contribution in [3.63, 3.8) is 0 Å². The zero-order chi connectivity index (χ0) is 20.6. The van der Waals surface area contributed by atoms with E-state index in [0.717, 1.165) is 16.7 Å². The maximum absolute atomic E-state index is 12.3. The van der Waals surface area contributed by atoms with E-state index >= 15 is 0 Å². The number of carboxylic acid groups (broad SMARTS) is 1. The zero-order valence-corrected chi connectivity index (χ0v) is 16.0. The molecule has 2 N–H and O–H groups in total. The molecule has 1 amide bonds. The van der Waals surface area contributed by atoms with Gasteiger partial charge in [-0.25, -0.2) is 4.79 Å². The highest BCUT2D eigenvalue weighted by molar-refractivity contribution is 6.03. The summed E-state index contributed by atoms with van der Waals surface area (Å²) in [6.45, 7) is 2.22. The summed E-state index contributed by atoms with van der Waals surface area (Å²) >= 11 is 0. The largest absolute Gasteiger partial charge is 0.492 e. The molecule has 0 aliphatic carbocycles. The second-order valence-electron chi connectivity index (χ2n) is 6.26. The van der Waals surface area contributed by atoms with E-state index in [9.17, 15) is 9.59 Å². The predicted molar refractivity (Wildman–Crippen MR) is 114 cm³/mol. The summed E-state index contributed by atoms with van der Waals surface area (Å²) in [6.07, 6.45) is 3.10. The molecule has 0 fully saturated rings. The molecule has 0 saturated carbocycles. The summed E-state index contributed by atoms with van der Waals surface area (Å²) in [4.78, 5) is 23.5. The molecule has 29 heavy (non-hydrogen) atoms. The Kier molecular flexibility index (Phi) is 6.43. The number of hydrogen-bond donors (Lipinski definition) is 2. The van der Waals surface area contributed by atoms with Crippen molar-refractivity contribution in [3.05, 3.63) is 90.0 Å². The summed E-state index contributed by atoms with van der Waals surface area (Å²) < 4.78 is 5.46. The molecule has 0 spiro atoms. The maximum Gasteiger partial charge on any atom is 0.335 e. The predicted octanol–water partition coefficient (Wildman–Crippen LogP) is 5.10. The van der Waals surface area contributed by atoms with Crippen molar-refractivity contribution in [1.29, 1.82) is 0 Å². The third-order valence-electron chi connectivity index (χ3n) is 4.23. The third-order valence-corrected chi connectivity index (χ3v) is 4.23. The van der Waals surface area contributed by atoms with E-state index in [1.807, 2.05) is 61.5 Å². The molecular formula is C24H21NO4. The van der Waals surface area contributed by atoms with Crippen molar-refractivity contribution in [2.45, 2.75) is 6.92 Å². The van der Waals surface area contributed by atoms with E-state index in [2.05, 4.69) is 5.32 Å². The number of rotatable bonds is 7. The highest BCUT2D eigenvalue weighted by atomic mass is 16.5. The number of aromatic carboxylic acids is 1. The van der Waals surface area contributed by atoms with E-state index in [1.165, 1.54) is 24.3 Å². The number of hydrogen-bond acceptors (Lipinski definition) is 3. The van der Waals surface area contributed by atoms with E-state index < -0.39 is 5.97 Å². The molecule has 146 valence electrons. The molecule has 0 atom stereocenters. The molecule has 5 nitrogen and oxygen atoms in total. The summed E-state index contributed by atoms with van der Waals surface area (Å²) in [6, 6.07) is 22.3. The topological polar surface area (TPSA) is 75.6 Å². The van der Waals surface area contributed by atoms with Gasteiger partial charge in [0.1, 0.15) is 5.75 Å². The van der Waals surface area contributed by atoms with Gasteiger partial charge in [-0.15, -0.1) is 0 Å². The van der Waals surface area contributed by atoms with Crippen LogP contribution in [0.1, 0.15) is 22.8 Å². The first kappa shape index (κ1) is 19.9. The summed E-state index contributed by atoms with van der Waals surface area (Å²) in [5.41, 5.74) is 3.50. The van der Waals surface area contributed by atoms with Crippen molar-refractivity contribution < 1.29 is 19.4 Å². The Morgan fingerprint density at radius 1 is 0.966 bits per heavy atom. The molecular weight excluding hydrogens is 366 g/mol. The van der Waals surface area contributed by atoms with Gasteiger partial charge in [0.05, 0.1) is 17.9 Å². The minimum absolute atomic E-state index is 0.0734. The van der Waals surface area contributed by atoms with Gasteiger partial charge in [0, 0.05) is 6.08 Å². The van der Waals surface area contributed by atoms with Gasteiger partial charge < -0.3 is 15.2 Å². The van der Waals surface area contributed by atoms with E-state index in [-0.39, 0.29) is 11.5 Å². The highest BCUT2D eigenvalue weighted by Gasteiger charge is 2.11. The Labute approximate surface area is 169 Å². The lowest BCUT2D eigenvalue weighted by molar-refractivity contribution is -0.111. The summed E-state index contributed by atoms with van der Waals surface area (Å²) in [7, 11) is 0. The number of carbonyl (C=O) groups excluding carboxylic acids is 1. The minimum Gasteiger partial charge on any atom is -0.492 e. The van der Waals surface area contributed by atoms with E-state index in [1.54, 1.807) is 6.08 Å².